The van der Waals surface area contributed by atoms with Crippen molar-refractivity contribution < 1.29 is 14.0 Å². The van der Waals surface area contributed by atoms with E-state index in [1.54, 1.807) is 15.9 Å². The van der Waals surface area contributed by atoms with Crippen molar-refractivity contribution >= 4 is 11.8 Å². The highest BCUT2D eigenvalue weighted by Crippen LogP contribution is 2.32. The molecule has 1 aromatic heterocycles. The minimum absolute atomic E-state index is 0.0552. The van der Waals surface area contributed by atoms with Crippen LogP contribution in [0.25, 0.3) is 0 Å². The van der Waals surface area contributed by atoms with Crippen LogP contribution in [0.15, 0.2) is 31.0 Å². The van der Waals surface area contributed by atoms with Gasteiger partial charge in [0.15, 0.2) is 0 Å². The molecule has 2 aliphatic heterocycles. The first kappa shape index (κ1) is 14.7. The molecule has 5 nitrogen and oxygen atoms in total. The van der Waals surface area contributed by atoms with E-state index in [9.17, 15) is 14.0 Å². The van der Waals surface area contributed by atoms with Crippen molar-refractivity contribution in [3.63, 3.8) is 0 Å². The predicted octanol–water partition coefficient (Wildman–Crippen LogP) is 1.15. The molecule has 2 amide bonds. The largest absolute Gasteiger partial charge is 0.337 e. The van der Waals surface area contributed by atoms with E-state index >= 15 is 0 Å². The lowest BCUT2D eigenvalue weighted by Gasteiger charge is -2.24. The van der Waals surface area contributed by atoms with Crippen LogP contribution in [0.2, 0.25) is 0 Å². The van der Waals surface area contributed by atoms with Gasteiger partial charge < -0.3 is 9.80 Å². The van der Waals surface area contributed by atoms with Crippen LogP contribution in [0.5, 0.6) is 0 Å². The number of halogens is 1. The maximum atomic E-state index is 12.9. The van der Waals surface area contributed by atoms with Gasteiger partial charge in [0.1, 0.15) is 5.82 Å². The predicted molar refractivity (Wildman–Crippen MR) is 78.3 cm³/mol. The molecule has 0 bridgehead atoms. The van der Waals surface area contributed by atoms with Gasteiger partial charge in [-0.05, 0) is 18.6 Å². The molecule has 22 heavy (non-hydrogen) atoms. The second-order valence-electron chi connectivity index (χ2n) is 5.69. The molecule has 0 saturated carbocycles. The Morgan fingerprint density at radius 1 is 1.45 bits per heavy atom. The third-order valence-electron chi connectivity index (χ3n) is 4.38. The smallest absolute Gasteiger partial charge is 0.228 e. The van der Waals surface area contributed by atoms with Crippen LogP contribution < -0.4 is 0 Å². The number of likely N-dealkylation sites (tertiary alicyclic amines) is 2. The van der Waals surface area contributed by atoms with Crippen LogP contribution in [-0.4, -0.2) is 51.8 Å². The van der Waals surface area contributed by atoms with Crippen molar-refractivity contribution in [3.8, 4) is 0 Å². The fraction of sp³-hybridized carbons (Fsp3) is 0.438. The van der Waals surface area contributed by atoms with Crippen molar-refractivity contribution in [2.24, 2.45) is 0 Å². The quantitative estimate of drug-likeness (QED) is 0.784. The Morgan fingerprint density at radius 3 is 2.95 bits per heavy atom. The fourth-order valence-electron chi connectivity index (χ4n) is 3.38. The Kier molecular flexibility index (Phi) is 3.92. The van der Waals surface area contributed by atoms with Gasteiger partial charge in [-0.25, -0.2) is 4.39 Å². The Morgan fingerprint density at radius 2 is 2.27 bits per heavy atom. The lowest BCUT2D eigenvalue weighted by atomic mass is 10.1. The van der Waals surface area contributed by atoms with Crippen molar-refractivity contribution in [3.05, 3.63) is 42.5 Å². The van der Waals surface area contributed by atoms with Crippen LogP contribution in [0.4, 0.5) is 4.39 Å². The first-order valence-corrected chi connectivity index (χ1v) is 7.40. The van der Waals surface area contributed by atoms with E-state index in [2.05, 4.69) is 11.6 Å². The molecule has 0 radical (unpaired) electrons. The third kappa shape index (κ3) is 2.61. The van der Waals surface area contributed by atoms with Crippen LogP contribution in [0.3, 0.4) is 0 Å². The van der Waals surface area contributed by atoms with E-state index in [0.29, 0.717) is 25.2 Å². The van der Waals surface area contributed by atoms with Crippen LogP contribution in [0.1, 0.15) is 18.5 Å². The van der Waals surface area contributed by atoms with E-state index in [1.807, 2.05) is 0 Å². The van der Waals surface area contributed by atoms with Gasteiger partial charge in [0, 0.05) is 25.2 Å². The van der Waals surface area contributed by atoms with Gasteiger partial charge in [-0.2, -0.15) is 0 Å². The van der Waals surface area contributed by atoms with Crippen molar-refractivity contribution in [2.75, 3.05) is 13.1 Å². The highest BCUT2D eigenvalue weighted by Gasteiger charge is 2.47. The van der Waals surface area contributed by atoms with Gasteiger partial charge in [0.05, 0.1) is 24.7 Å². The zero-order chi connectivity index (χ0) is 15.7. The molecule has 6 heteroatoms. The third-order valence-corrected chi connectivity index (χ3v) is 4.38. The SMILES string of the molecule is C=CCN1C(=O)C[C@@H]2[C@@H]1CCN2C(=O)Cc1ccc(F)cn1. The summed E-state index contributed by atoms with van der Waals surface area (Å²) in [6.07, 6.45) is 4.14. The standard InChI is InChI=1S/C16H18FN3O2/c1-2-6-19-13-5-7-20(14(13)9-16(19)22)15(21)8-12-4-3-11(17)10-18-12/h2-4,10,13-14H,1,5-9H2/t13-,14+/m0/s1. The molecular formula is C16H18FN3O2. The van der Waals surface area contributed by atoms with Gasteiger partial charge in [-0.3, -0.25) is 14.6 Å². The molecule has 2 aliphatic rings. The Hall–Kier alpha value is -2.24. The lowest BCUT2D eigenvalue weighted by Crippen LogP contribution is -2.40. The summed E-state index contributed by atoms with van der Waals surface area (Å²) in [4.78, 5) is 32.0. The van der Waals surface area contributed by atoms with Crippen molar-refractivity contribution in [1.82, 2.24) is 14.8 Å². The van der Waals surface area contributed by atoms with E-state index in [4.69, 9.17) is 0 Å². The van der Waals surface area contributed by atoms with Crippen LogP contribution >= 0.6 is 0 Å². The normalized spacial score (nSPS) is 23.8. The first-order valence-electron chi connectivity index (χ1n) is 7.40. The summed E-state index contributed by atoms with van der Waals surface area (Å²) in [6, 6.07) is 2.86. The number of nitrogens with zero attached hydrogens (tertiary/aromatic N) is 3. The maximum absolute atomic E-state index is 12.9. The highest BCUT2D eigenvalue weighted by atomic mass is 19.1. The molecule has 0 aliphatic carbocycles. The van der Waals surface area contributed by atoms with E-state index in [0.717, 1.165) is 12.6 Å². The minimum atomic E-state index is -0.418. The summed E-state index contributed by atoms with van der Waals surface area (Å²) in [6.45, 7) is 4.85. The topological polar surface area (TPSA) is 53.5 Å². The number of hydrogen-bond donors (Lipinski definition) is 0. The molecule has 3 heterocycles. The summed E-state index contributed by atoms with van der Waals surface area (Å²) in [7, 11) is 0. The zero-order valence-corrected chi connectivity index (χ0v) is 12.2. The Bertz CT molecular complexity index is 602. The number of rotatable bonds is 4. The second-order valence-corrected chi connectivity index (χ2v) is 5.69. The summed E-state index contributed by atoms with van der Waals surface area (Å²) < 4.78 is 12.9. The minimum Gasteiger partial charge on any atom is -0.337 e. The molecule has 0 aromatic carbocycles. The average Bonchev–Trinajstić information content (AvgIpc) is 3.02. The summed E-state index contributed by atoms with van der Waals surface area (Å²) in [5, 5.41) is 0. The maximum Gasteiger partial charge on any atom is 0.228 e. The number of carbonyl (C=O) groups is 2. The number of fused-ring (bicyclic) bond motifs is 1. The fourth-order valence-corrected chi connectivity index (χ4v) is 3.38. The van der Waals surface area contributed by atoms with Gasteiger partial charge in [-0.1, -0.05) is 6.08 Å². The van der Waals surface area contributed by atoms with Crippen LogP contribution in [-0.2, 0) is 16.0 Å². The zero-order valence-electron chi connectivity index (χ0n) is 12.2. The summed E-state index contributed by atoms with van der Waals surface area (Å²) in [5.74, 6) is -0.397. The second kappa shape index (κ2) is 5.87. The van der Waals surface area contributed by atoms with E-state index in [1.165, 1.54) is 12.1 Å². The highest BCUT2D eigenvalue weighted by molar-refractivity contribution is 5.84. The van der Waals surface area contributed by atoms with Crippen LogP contribution in [0, 0.1) is 5.82 Å². The molecule has 0 N–H and O–H groups in total. The molecule has 116 valence electrons. The number of pyridine rings is 1. The van der Waals surface area contributed by atoms with Gasteiger partial charge in [0.2, 0.25) is 11.8 Å². The average molecular weight is 303 g/mol. The molecule has 0 unspecified atom stereocenters. The number of amides is 2. The molecular weight excluding hydrogens is 285 g/mol. The van der Waals surface area contributed by atoms with E-state index in [-0.39, 0.29) is 30.3 Å². The number of carbonyl (C=O) groups excluding carboxylic acids is 2. The number of aromatic nitrogens is 1. The number of hydrogen-bond acceptors (Lipinski definition) is 3. The van der Waals surface area contributed by atoms with Gasteiger partial charge >= 0.3 is 0 Å². The lowest BCUT2D eigenvalue weighted by molar-refractivity contribution is -0.131. The Balaban J connectivity index is 1.68. The molecule has 2 atom stereocenters. The first-order chi connectivity index (χ1) is 10.6. The van der Waals surface area contributed by atoms with E-state index < -0.39 is 5.82 Å². The summed E-state index contributed by atoms with van der Waals surface area (Å²) in [5.41, 5.74) is 0.544. The molecule has 1 aromatic rings. The molecule has 0 spiro atoms. The van der Waals surface area contributed by atoms with Crippen molar-refractivity contribution in [1.29, 1.82) is 0 Å². The van der Waals surface area contributed by atoms with Gasteiger partial charge in [-0.15, -0.1) is 6.58 Å². The monoisotopic (exact) mass is 303 g/mol. The molecule has 3 rings (SSSR count). The molecule has 2 saturated heterocycles. The van der Waals surface area contributed by atoms with Gasteiger partial charge in [0.25, 0.3) is 0 Å². The molecule has 2 fully saturated rings. The van der Waals surface area contributed by atoms with Crippen molar-refractivity contribution in [2.45, 2.75) is 31.3 Å². The summed E-state index contributed by atoms with van der Waals surface area (Å²) >= 11 is 0. The Labute approximate surface area is 128 Å².